The molecular weight excluding hydrogens is 492 g/mol. The van der Waals surface area contributed by atoms with Crippen LogP contribution in [0.1, 0.15) is 25.5 Å². The Balaban J connectivity index is 1.37. The Morgan fingerprint density at radius 2 is 2.03 bits per heavy atom. The van der Waals surface area contributed by atoms with Crippen molar-refractivity contribution in [3.8, 4) is 0 Å². The highest BCUT2D eigenvalue weighted by molar-refractivity contribution is 8.15. The predicted octanol–water partition coefficient (Wildman–Crippen LogP) is 3.86. The van der Waals surface area contributed by atoms with Crippen LogP contribution in [0.3, 0.4) is 0 Å². The third-order valence-electron chi connectivity index (χ3n) is 6.75. The molecule has 1 spiro atoms. The number of piperidine rings is 1. The number of carbonyl (C=O) groups is 1. The smallest absolute Gasteiger partial charge is 0.320 e. The number of aliphatic imine (C=N–C) groups is 1. The summed E-state index contributed by atoms with van der Waals surface area (Å²) >= 11 is 2.96. The molecule has 4 heterocycles. The molecule has 11 heteroatoms. The van der Waals surface area contributed by atoms with Gasteiger partial charge in [0.1, 0.15) is 15.3 Å². The fraction of sp³-hybridized carbons (Fsp3) is 0.391. The first-order valence-corrected chi connectivity index (χ1v) is 14.2. The molecule has 0 amide bonds. The van der Waals surface area contributed by atoms with Gasteiger partial charge in [0, 0.05) is 30.3 Å². The van der Waals surface area contributed by atoms with Crippen molar-refractivity contribution < 1.29 is 18.3 Å². The van der Waals surface area contributed by atoms with Crippen molar-refractivity contribution in [1.82, 2.24) is 9.88 Å². The minimum absolute atomic E-state index is 0.0104. The molecule has 0 aliphatic carbocycles. The molecule has 1 unspecified atom stereocenters. The second-order valence-corrected chi connectivity index (χ2v) is 13.4. The number of sulfonamides is 1. The van der Waals surface area contributed by atoms with E-state index in [0.29, 0.717) is 16.4 Å². The van der Waals surface area contributed by atoms with Crippen LogP contribution in [-0.4, -0.2) is 71.9 Å². The Morgan fingerprint density at radius 3 is 2.71 bits per heavy atom. The van der Waals surface area contributed by atoms with Crippen molar-refractivity contribution in [2.75, 3.05) is 31.0 Å². The van der Waals surface area contributed by atoms with Crippen LogP contribution in [0.25, 0.3) is 10.9 Å². The van der Waals surface area contributed by atoms with Gasteiger partial charge >= 0.3 is 5.97 Å². The number of hydrogen-bond donors (Lipinski definition) is 2. The number of aliphatic carboxylic acids is 1. The summed E-state index contributed by atoms with van der Waals surface area (Å²) in [6.07, 6.45) is 1.77. The van der Waals surface area contributed by atoms with Gasteiger partial charge in [-0.25, -0.2) is 8.42 Å². The van der Waals surface area contributed by atoms with E-state index in [9.17, 15) is 18.3 Å². The highest BCUT2D eigenvalue weighted by atomic mass is 32.2. The quantitative estimate of drug-likeness (QED) is 0.513. The summed E-state index contributed by atoms with van der Waals surface area (Å²) in [7, 11) is -2.06. The van der Waals surface area contributed by atoms with Crippen LogP contribution in [0.4, 0.5) is 5.69 Å². The van der Waals surface area contributed by atoms with Crippen molar-refractivity contribution in [3.05, 3.63) is 47.5 Å². The zero-order valence-electron chi connectivity index (χ0n) is 18.9. The van der Waals surface area contributed by atoms with Crippen LogP contribution in [0.15, 0.2) is 51.0 Å². The summed E-state index contributed by atoms with van der Waals surface area (Å²) in [5.74, 6) is -0.785. The molecule has 1 atom stereocenters. The fourth-order valence-corrected chi connectivity index (χ4v) is 8.20. The van der Waals surface area contributed by atoms with Gasteiger partial charge in [-0.05, 0) is 43.3 Å². The van der Waals surface area contributed by atoms with Crippen LogP contribution in [0, 0.1) is 0 Å². The molecule has 0 saturated carbocycles. The summed E-state index contributed by atoms with van der Waals surface area (Å²) in [4.78, 5) is 21.6. The van der Waals surface area contributed by atoms with Crippen molar-refractivity contribution in [3.63, 3.8) is 0 Å². The summed E-state index contributed by atoms with van der Waals surface area (Å²) in [5, 5.41) is 12.9. The Hall–Kier alpha value is -2.34. The van der Waals surface area contributed by atoms with Gasteiger partial charge in [0.05, 0.1) is 23.4 Å². The maximum atomic E-state index is 13.1. The number of rotatable bonds is 6. The summed E-state index contributed by atoms with van der Waals surface area (Å²) in [5.41, 5.74) is 2.23. The summed E-state index contributed by atoms with van der Waals surface area (Å²) in [6.45, 7) is 3.93. The Bertz CT molecular complexity index is 1360. The number of thioether (sulfide) groups is 1. The van der Waals surface area contributed by atoms with E-state index < -0.39 is 22.0 Å². The van der Waals surface area contributed by atoms with Crippen LogP contribution >= 0.6 is 23.1 Å². The first-order valence-electron chi connectivity index (χ1n) is 11.1. The number of hydrogen-bond acceptors (Lipinski definition) is 7. The SMILES string of the molecule is CC(C(=O)O)N1CCC2(CC1)CN=C(c1cc3cccc(N(C)S(=O)(=O)c4cccs4)c3[nH]1)S2. The summed E-state index contributed by atoms with van der Waals surface area (Å²) < 4.78 is 27.8. The molecule has 34 heavy (non-hydrogen) atoms. The van der Waals surface area contributed by atoms with Crippen LogP contribution in [-0.2, 0) is 14.8 Å². The minimum Gasteiger partial charge on any atom is -0.480 e. The van der Waals surface area contributed by atoms with E-state index in [1.54, 1.807) is 49.3 Å². The molecule has 1 saturated heterocycles. The maximum Gasteiger partial charge on any atom is 0.320 e. The lowest BCUT2D eigenvalue weighted by atomic mass is 9.95. The van der Waals surface area contributed by atoms with Gasteiger partial charge in [-0.3, -0.25) is 19.0 Å². The number of para-hydroxylation sites is 1. The van der Waals surface area contributed by atoms with Crippen LogP contribution in [0.5, 0.6) is 0 Å². The van der Waals surface area contributed by atoms with E-state index >= 15 is 0 Å². The van der Waals surface area contributed by atoms with Crippen molar-refractivity contribution in [2.24, 2.45) is 4.99 Å². The second-order valence-electron chi connectivity index (χ2n) is 8.79. The number of nitrogens with one attached hydrogen (secondary N) is 1. The number of carboxylic acid groups (broad SMARTS) is 1. The van der Waals surface area contributed by atoms with E-state index in [1.165, 1.54) is 15.6 Å². The molecule has 2 aliphatic heterocycles. The van der Waals surface area contributed by atoms with Crippen molar-refractivity contribution in [1.29, 1.82) is 0 Å². The number of carboxylic acids is 1. The number of anilines is 1. The molecule has 1 fully saturated rings. The lowest BCUT2D eigenvalue weighted by Gasteiger charge is -2.39. The van der Waals surface area contributed by atoms with E-state index in [-0.39, 0.29) is 4.75 Å². The molecule has 0 radical (unpaired) electrons. The van der Waals surface area contributed by atoms with Gasteiger partial charge in [0.15, 0.2) is 0 Å². The number of likely N-dealkylation sites (tertiary alicyclic amines) is 1. The van der Waals surface area contributed by atoms with Gasteiger partial charge in [-0.2, -0.15) is 0 Å². The number of aromatic nitrogens is 1. The van der Waals surface area contributed by atoms with Gasteiger partial charge in [0.2, 0.25) is 0 Å². The monoisotopic (exact) mass is 518 g/mol. The molecule has 1 aromatic carbocycles. The number of nitrogens with zero attached hydrogens (tertiary/aromatic N) is 3. The lowest BCUT2D eigenvalue weighted by Crippen LogP contribution is -2.49. The number of aromatic amines is 1. The number of thiophene rings is 1. The summed E-state index contributed by atoms with van der Waals surface area (Å²) in [6, 6.07) is 10.5. The topological polar surface area (TPSA) is 106 Å². The molecule has 5 rings (SSSR count). The number of H-pyrrole nitrogens is 1. The largest absolute Gasteiger partial charge is 0.480 e. The average Bonchev–Trinajstić information content (AvgIpc) is 3.58. The number of fused-ring (bicyclic) bond motifs is 1. The Morgan fingerprint density at radius 1 is 1.26 bits per heavy atom. The maximum absolute atomic E-state index is 13.1. The van der Waals surface area contributed by atoms with E-state index in [4.69, 9.17) is 4.99 Å². The zero-order valence-corrected chi connectivity index (χ0v) is 21.3. The molecule has 2 aromatic heterocycles. The van der Waals surface area contributed by atoms with Gasteiger partial charge in [-0.15, -0.1) is 11.3 Å². The normalized spacial score (nSPS) is 19.4. The third kappa shape index (κ3) is 4.04. The van der Waals surface area contributed by atoms with E-state index in [1.807, 2.05) is 23.1 Å². The molecule has 2 aliphatic rings. The third-order valence-corrected chi connectivity index (χ3v) is 11.4. The Labute approximate surface area is 206 Å². The first-order chi connectivity index (χ1) is 16.2. The van der Waals surface area contributed by atoms with Crippen LogP contribution in [0.2, 0.25) is 0 Å². The van der Waals surface area contributed by atoms with E-state index in [2.05, 4.69) is 4.98 Å². The fourth-order valence-electron chi connectivity index (χ4n) is 4.55. The van der Waals surface area contributed by atoms with Crippen molar-refractivity contribution >= 4 is 60.7 Å². The Kier molecular flexibility index (Phi) is 5.99. The molecule has 180 valence electrons. The average molecular weight is 519 g/mol. The second kappa shape index (κ2) is 8.71. The molecular formula is C23H26N4O4S3. The molecule has 8 nitrogen and oxygen atoms in total. The van der Waals surface area contributed by atoms with Gasteiger partial charge in [-0.1, -0.05) is 30.0 Å². The minimum atomic E-state index is -3.64. The highest BCUT2D eigenvalue weighted by Gasteiger charge is 2.42. The van der Waals surface area contributed by atoms with Crippen LogP contribution < -0.4 is 4.31 Å². The zero-order chi connectivity index (χ0) is 24.1. The highest BCUT2D eigenvalue weighted by Crippen LogP contribution is 2.44. The molecule has 3 aromatic rings. The first kappa shape index (κ1) is 23.4. The lowest BCUT2D eigenvalue weighted by molar-refractivity contribution is -0.143. The van der Waals surface area contributed by atoms with Gasteiger partial charge < -0.3 is 10.1 Å². The molecule has 2 N–H and O–H groups in total. The predicted molar refractivity (Wildman–Crippen MR) is 138 cm³/mol. The van der Waals surface area contributed by atoms with Crippen molar-refractivity contribution in [2.45, 2.75) is 34.8 Å². The molecule has 0 bridgehead atoms. The standard InChI is InChI=1S/C23H26N4O4S3/c1-15(22(28)29)27-10-8-23(9-11-27)14-24-21(33-23)17-13-16-5-3-6-18(20(16)25-17)26(2)34(30,31)19-7-4-12-32-19/h3-7,12-13,15,25H,8-11,14H2,1-2H3,(H,28,29). The van der Waals surface area contributed by atoms with Gasteiger partial charge in [0.25, 0.3) is 10.0 Å². The number of benzene rings is 1. The van der Waals surface area contributed by atoms with E-state index in [0.717, 1.165) is 47.6 Å².